The maximum atomic E-state index is 6.16. The van der Waals surface area contributed by atoms with Crippen LogP contribution in [0.4, 0.5) is 0 Å². The summed E-state index contributed by atoms with van der Waals surface area (Å²) >= 11 is 11.7. The summed E-state index contributed by atoms with van der Waals surface area (Å²) in [5.74, 6) is 0.689. The quantitative estimate of drug-likeness (QED) is 0.753. The molecule has 0 aliphatic heterocycles. The molecule has 1 aromatic rings. The van der Waals surface area contributed by atoms with Gasteiger partial charge in [-0.3, -0.25) is 0 Å². The lowest BCUT2D eigenvalue weighted by atomic mass is 10.2. The minimum Gasteiger partial charge on any atom is -0.488 e. The van der Waals surface area contributed by atoms with E-state index >= 15 is 0 Å². The molecule has 0 spiro atoms. The molecule has 18 heavy (non-hydrogen) atoms. The van der Waals surface area contributed by atoms with Crippen LogP contribution in [-0.4, -0.2) is 13.2 Å². The highest BCUT2D eigenvalue weighted by molar-refractivity contribution is 6.32. The van der Waals surface area contributed by atoms with Gasteiger partial charge >= 0.3 is 0 Å². The van der Waals surface area contributed by atoms with Gasteiger partial charge in [-0.25, -0.2) is 0 Å². The van der Waals surface area contributed by atoms with Crippen LogP contribution in [0.3, 0.4) is 0 Å². The third-order valence-corrected chi connectivity index (χ3v) is 3.06. The number of ether oxygens (including phenoxy) is 1. The Bertz CT molecular complexity index is 405. The van der Waals surface area contributed by atoms with Crippen LogP contribution in [0, 0.1) is 0 Å². The van der Waals surface area contributed by atoms with Crippen LogP contribution >= 0.6 is 23.2 Å². The van der Waals surface area contributed by atoms with E-state index in [4.69, 9.17) is 27.9 Å². The molecule has 1 N–H and O–H groups in total. The Morgan fingerprint density at radius 3 is 2.83 bits per heavy atom. The van der Waals surface area contributed by atoms with Gasteiger partial charge in [-0.05, 0) is 43.2 Å². The fourth-order valence-electron chi connectivity index (χ4n) is 1.40. The molecule has 0 aromatic heterocycles. The van der Waals surface area contributed by atoms with Crippen molar-refractivity contribution in [2.45, 2.75) is 26.8 Å². The summed E-state index contributed by atoms with van der Waals surface area (Å²) in [6, 6.07) is 5.84. The van der Waals surface area contributed by atoms with Crippen LogP contribution in [0.5, 0.6) is 5.75 Å². The van der Waals surface area contributed by atoms with Crippen molar-refractivity contribution in [3.63, 3.8) is 0 Å². The molecule has 0 saturated carbocycles. The lowest BCUT2D eigenvalue weighted by molar-refractivity contribution is 0.352. The molecule has 4 heteroatoms. The van der Waals surface area contributed by atoms with Crippen molar-refractivity contribution in [1.82, 2.24) is 5.32 Å². The van der Waals surface area contributed by atoms with Gasteiger partial charge in [-0.2, -0.15) is 0 Å². The highest BCUT2D eigenvalue weighted by Crippen LogP contribution is 2.25. The zero-order valence-corrected chi connectivity index (χ0v) is 12.3. The van der Waals surface area contributed by atoms with Crippen molar-refractivity contribution >= 4 is 23.2 Å². The van der Waals surface area contributed by atoms with E-state index in [1.165, 1.54) is 5.54 Å². The third kappa shape index (κ3) is 5.30. The topological polar surface area (TPSA) is 21.3 Å². The Hall–Kier alpha value is -0.700. The first kappa shape index (κ1) is 15.4. The van der Waals surface area contributed by atoms with E-state index in [1.54, 1.807) is 0 Å². The molecule has 0 aliphatic rings. The highest BCUT2D eigenvalue weighted by Gasteiger charge is 2.03. The van der Waals surface area contributed by atoms with Crippen LogP contribution < -0.4 is 10.1 Å². The zero-order valence-electron chi connectivity index (χ0n) is 10.8. The van der Waals surface area contributed by atoms with E-state index < -0.39 is 0 Å². The lowest BCUT2D eigenvalue weighted by Gasteiger charge is -2.10. The normalized spacial score (nSPS) is 11.7. The number of benzene rings is 1. The van der Waals surface area contributed by atoms with E-state index in [0.29, 0.717) is 17.4 Å². The van der Waals surface area contributed by atoms with Crippen molar-refractivity contribution in [3.05, 3.63) is 39.9 Å². The molecular formula is C14H19Cl2NO. The van der Waals surface area contributed by atoms with Gasteiger partial charge in [0.25, 0.3) is 0 Å². The number of nitrogens with one attached hydrogen (secondary N) is 1. The van der Waals surface area contributed by atoms with Crippen molar-refractivity contribution in [2.24, 2.45) is 0 Å². The summed E-state index contributed by atoms with van der Waals surface area (Å²) in [5.41, 5.74) is 3.63. The SMILES string of the molecule is CCCNCc1ccc(OC/C(C)=C/Cl)c(Cl)c1. The van der Waals surface area contributed by atoms with Gasteiger partial charge < -0.3 is 10.1 Å². The van der Waals surface area contributed by atoms with Gasteiger partial charge in [0, 0.05) is 12.1 Å². The van der Waals surface area contributed by atoms with Crippen molar-refractivity contribution in [1.29, 1.82) is 0 Å². The van der Waals surface area contributed by atoms with Crippen molar-refractivity contribution in [3.8, 4) is 5.75 Å². The fraction of sp³-hybridized carbons (Fsp3) is 0.429. The molecule has 0 saturated heterocycles. The first-order chi connectivity index (χ1) is 8.67. The number of rotatable bonds is 7. The average Bonchev–Trinajstić information content (AvgIpc) is 2.37. The molecule has 0 fully saturated rings. The summed E-state index contributed by atoms with van der Waals surface area (Å²) in [6.45, 7) is 6.34. The van der Waals surface area contributed by atoms with E-state index in [1.807, 2.05) is 25.1 Å². The predicted octanol–water partition coefficient (Wildman–Crippen LogP) is 4.36. The van der Waals surface area contributed by atoms with Gasteiger partial charge in [0.1, 0.15) is 12.4 Å². The molecule has 2 nitrogen and oxygen atoms in total. The Kier molecular flexibility index (Phi) is 7.18. The molecule has 100 valence electrons. The molecule has 0 bridgehead atoms. The molecule has 0 unspecified atom stereocenters. The molecule has 0 heterocycles. The van der Waals surface area contributed by atoms with Crippen LogP contribution in [0.15, 0.2) is 29.3 Å². The smallest absolute Gasteiger partial charge is 0.138 e. The van der Waals surface area contributed by atoms with Crippen molar-refractivity contribution in [2.75, 3.05) is 13.2 Å². The van der Waals surface area contributed by atoms with E-state index in [9.17, 15) is 0 Å². The Morgan fingerprint density at radius 1 is 1.44 bits per heavy atom. The second-order valence-electron chi connectivity index (χ2n) is 4.19. The van der Waals surface area contributed by atoms with Crippen LogP contribution in [0.1, 0.15) is 25.8 Å². The standard InChI is InChI=1S/C14H19Cl2NO/c1-3-6-17-9-12-4-5-14(13(16)7-12)18-10-11(2)8-15/h4-5,7-8,17H,3,6,9-10H2,1-2H3/b11-8+. The average molecular weight is 288 g/mol. The molecule has 1 aromatic carbocycles. The number of halogens is 2. The molecule has 0 amide bonds. The summed E-state index contributed by atoms with van der Waals surface area (Å²) in [7, 11) is 0. The zero-order chi connectivity index (χ0) is 13.4. The minimum absolute atomic E-state index is 0.455. The molecule has 0 aliphatic carbocycles. The van der Waals surface area contributed by atoms with Gasteiger partial charge in [-0.1, -0.05) is 36.2 Å². The van der Waals surface area contributed by atoms with E-state index in [0.717, 1.165) is 30.6 Å². The Morgan fingerprint density at radius 2 is 2.22 bits per heavy atom. The first-order valence-corrected chi connectivity index (χ1v) is 6.86. The first-order valence-electron chi connectivity index (χ1n) is 6.05. The maximum Gasteiger partial charge on any atom is 0.138 e. The summed E-state index contributed by atoms with van der Waals surface area (Å²) in [4.78, 5) is 0. The van der Waals surface area contributed by atoms with Gasteiger partial charge in [0.15, 0.2) is 0 Å². The number of hydrogen-bond donors (Lipinski definition) is 1. The highest BCUT2D eigenvalue weighted by atomic mass is 35.5. The summed E-state index contributed by atoms with van der Waals surface area (Å²) in [5, 5.41) is 3.96. The van der Waals surface area contributed by atoms with Crippen LogP contribution in [0.25, 0.3) is 0 Å². The van der Waals surface area contributed by atoms with Crippen LogP contribution in [0.2, 0.25) is 5.02 Å². The van der Waals surface area contributed by atoms with Gasteiger partial charge in [-0.15, -0.1) is 0 Å². The molecule has 0 radical (unpaired) electrons. The van der Waals surface area contributed by atoms with Gasteiger partial charge in [0.05, 0.1) is 5.02 Å². The predicted molar refractivity (Wildman–Crippen MR) is 78.6 cm³/mol. The second-order valence-corrected chi connectivity index (χ2v) is 4.81. The summed E-state index contributed by atoms with van der Waals surface area (Å²) < 4.78 is 5.57. The van der Waals surface area contributed by atoms with E-state index in [-0.39, 0.29) is 0 Å². The van der Waals surface area contributed by atoms with E-state index in [2.05, 4.69) is 12.2 Å². The maximum absolute atomic E-state index is 6.16. The monoisotopic (exact) mass is 287 g/mol. The third-order valence-electron chi connectivity index (χ3n) is 2.39. The summed E-state index contributed by atoms with van der Waals surface area (Å²) in [6.07, 6.45) is 1.12. The van der Waals surface area contributed by atoms with Gasteiger partial charge in [0.2, 0.25) is 0 Å². The Labute approximate surface area is 119 Å². The van der Waals surface area contributed by atoms with Crippen molar-refractivity contribution < 1.29 is 4.74 Å². The molecular weight excluding hydrogens is 269 g/mol. The Balaban J connectivity index is 2.56. The minimum atomic E-state index is 0.455. The lowest BCUT2D eigenvalue weighted by Crippen LogP contribution is -2.13. The van der Waals surface area contributed by atoms with Crippen LogP contribution in [-0.2, 0) is 6.54 Å². The fourth-order valence-corrected chi connectivity index (χ4v) is 1.72. The molecule has 1 rings (SSSR count). The largest absolute Gasteiger partial charge is 0.488 e. The number of hydrogen-bond acceptors (Lipinski definition) is 2. The molecule has 0 atom stereocenters. The second kappa shape index (κ2) is 8.41.